The van der Waals surface area contributed by atoms with Gasteiger partial charge in [-0.2, -0.15) is 0 Å². The van der Waals surface area contributed by atoms with Crippen molar-refractivity contribution in [3.8, 4) is 11.5 Å². The molecule has 136 valence electrons. The van der Waals surface area contributed by atoms with Gasteiger partial charge in [0.1, 0.15) is 5.57 Å². The van der Waals surface area contributed by atoms with Gasteiger partial charge >= 0.3 is 5.97 Å². The molecular weight excluding hydrogens is 332 g/mol. The molecule has 0 aromatic heterocycles. The Hall–Kier alpha value is -3.08. The molecule has 0 bridgehead atoms. The third kappa shape index (κ3) is 4.72. The van der Waals surface area contributed by atoms with Crippen LogP contribution in [-0.2, 0) is 9.53 Å². The van der Waals surface area contributed by atoms with Crippen LogP contribution in [0.5, 0.6) is 11.5 Å². The molecule has 0 amide bonds. The van der Waals surface area contributed by atoms with Gasteiger partial charge < -0.3 is 14.2 Å². The molecule has 5 heteroatoms. The summed E-state index contributed by atoms with van der Waals surface area (Å²) < 4.78 is 15.9. The molecule has 0 unspecified atom stereocenters. The maximum atomic E-state index is 12.8. The van der Waals surface area contributed by atoms with E-state index in [1.807, 2.05) is 13.0 Å². The third-order valence-corrected chi connectivity index (χ3v) is 3.57. The Morgan fingerprint density at radius 2 is 1.69 bits per heavy atom. The van der Waals surface area contributed by atoms with Crippen LogP contribution in [-0.4, -0.2) is 32.1 Å². The zero-order valence-corrected chi connectivity index (χ0v) is 15.2. The molecule has 0 saturated carbocycles. The smallest absolute Gasteiger partial charge is 0.342 e. The Morgan fingerprint density at radius 1 is 0.962 bits per heavy atom. The molecular formula is C21H22O5. The number of methoxy groups -OCH3 is 1. The van der Waals surface area contributed by atoms with Crippen LogP contribution < -0.4 is 9.47 Å². The normalized spacial score (nSPS) is 11.0. The van der Waals surface area contributed by atoms with E-state index in [4.69, 9.17) is 14.2 Å². The number of rotatable bonds is 8. The second kappa shape index (κ2) is 9.42. The van der Waals surface area contributed by atoms with Crippen molar-refractivity contribution in [2.75, 3.05) is 20.3 Å². The fourth-order valence-corrected chi connectivity index (χ4v) is 2.39. The van der Waals surface area contributed by atoms with E-state index >= 15 is 0 Å². The summed E-state index contributed by atoms with van der Waals surface area (Å²) in [5.74, 6) is 0.0706. The number of benzene rings is 2. The molecule has 0 aliphatic heterocycles. The number of carbonyl (C=O) groups excluding carboxylic acids is 2. The van der Waals surface area contributed by atoms with E-state index in [1.54, 1.807) is 49.4 Å². The van der Waals surface area contributed by atoms with Gasteiger partial charge in [-0.05, 0) is 37.6 Å². The molecule has 0 atom stereocenters. The lowest BCUT2D eigenvalue weighted by Gasteiger charge is -2.11. The van der Waals surface area contributed by atoms with E-state index in [2.05, 4.69) is 0 Å². The van der Waals surface area contributed by atoms with Crippen LogP contribution in [0.2, 0.25) is 0 Å². The fourth-order valence-electron chi connectivity index (χ4n) is 2.39. The molecule has 0 radical (unpaired) electrons. The molecule has 0 aliphatic carbocycles. The van der Waals surface area contributed by atoms with Gasteiger partial charge in [0.05, 0.1) is 20.3 Å². The fraction of sp³-hybridized carbons (Fsp3) is 0.238. The first-order chi connectivity index (χ1) is 12.6. The van der Waals surface area contributed by atoms with Gasteiger partial charge in [0.15, 0.2) is 17.3 Å². The van der Waals surface area contributed by atoms with E-state index in [-0.39, 0.29) is 12.2 Å². The second-order valence-electron chi connectivity index (χ2n) is 5.32. The molecule has 26 heavy (non-hydrogen) atoms. The summed E-state index contributed by atoms with van der Waals surface area (Å²) in [6.07, 6.45) is 1.51. The predicted molar refractivity (Wildman–Crippen MR) is 99.5 cm³/mol. The van der Waals surface area contributed by atoms with Crippen LogP contribution in [0.4, 0.5) is 0 Å². The minimum Gasteiger partial charge on any atom is -0.493 e. The number of esters is 1. The molecule has 0 N–H and O–H groups in total. The minimum absolute atomic E-state index is 0.0377. The molecule has 2 aromatic rings. The monoisotopic (exact) mass is 354 g/mol. The molecule has 2 rings (SSSR count). The summed E-state index contributed by atoms with van der Waals surface area (Å²) in [6, 6.07) is 13.8. The lowest BCUT2D eigenvalue weighted by molar-refractivity contribution is -0.137. The molecule has 5 nitrogen and oxygen atoms in total. The van der Waals surface area contributed by atoms with Crippen molar-refractivity contribution < 1.29 is 23.8 Å². The van der Waals surface area contributed by atoms with Crippen LogP contribution in [0, 0.1) is 0 Å². The highest BCUT2D eigenvalue weighted by Gasteiger charge is 2.21. The van der Waals surface area contributed by atoms with Crippen molar-refractivity contribution in [1.29, 1.82) is 0 Å². The second-order valence-corrected chi connectivity index (χ2v) is 5.32. The van der Waals surface area contributed by atoms with Gasteiger partial charge in [-0.3, -0.25) is 4.79 Å². The van der Waals surface area contributed by atoms with Crippen molar-refractivity contribution in [1.82, 2.24) is 0 Å². The zero-order valence-electron chi connectivity index (χ0n) is 15.2. The molecule has 0 saturated heterocycles. The van der Waals surface area contributed by atoms with E-state index in [9.17, 15) is 9.59 Å². The van der Waals surface area contributed by atoms with Crippen molar-refractivity contribution in [3.05, 3.63) is 65.2 Å². The number of hydrogen-bond acceptors (Lipinski definition) is 5. The SMILES string of the molecule is CCOC(=O)C(=Cc1ccc(OCC)c(OC)c1)C(=O)c1ccccc1. The number of ketones is 1. The number of ether oxygens (including phenoxy) is 3. The van der Waals surface area contributed by atoms with Crippen LogP contribution in [0.3, 0.4) is 0 Å². The van der Waals surface area contributed by atoms with E-state index < -0.39 is 11.8 Å². The summed E-state index contributed by atoms with van der Waals surface area (Å²) in [6.45, 7) is 4.27. The molecule has 0 heterocycles. The van der Waals surface area contributed by atoms with E-state index in [0.717, 1.165) is 0 Å². The van der Waals surface area contributed by atoms with E-state index in [1.165, 1.54) is 13.2 Å². The maximum absolute atomic E-state index is 12.8. The molecule has 0 fully saturated rings. The average molecular weight is 354 g/mol. The summed E-state index contributed by atoms with van der Waals surface area (Å²) >= 11 is 0. The minimum atomic E-state index is -0.658. The highest BCUT2D eigenvalue weighted by Crippen LogP contribution is 2.29. The molecule has 2 aromatic carbocycles. The first-order valence-corrected chi connectivity index (χ1v) is 8.40. The van der Waals surface area contributed by atoms with Crippen molar-refractivity contribution in [2.45, 2.75) is 13.8 Å². The highest BCUT2D eigenvalue weighted by molar-refractivity contribution is 6.26. The molecule has 0 spiro atoms. The Kier molecular flexibility index (Phi) is 6.97. The van der Waals surface area contributed by atoms with Crippen LogP contribution in [0.15, 0.2) is 54.1 Å². The Labute approximate surface area is 153 Å². The van der Waals surface area contributed by atoms with Gasteiger partial charge in [-0.25, -0.2) is 4.79 Å². The van der Waals surface area contributed by atoms with Crippen LogP contribution in [0.1, 0.15) is 29.8 Å². The summed E-state index contributed by atoms with van der Waals surface area (Å²) in [5.41, 5.74) is 1.02. The van der Waals surface area contributed by atoms with Gasteiger partial charge in [0.25, 0.3) is 0 Å². The predicted octanol–water partition coefficient (Wildman–Crippen LogP) is 3.92. The quantitative estimate of drug-likeness (QED) is 0.236. The lowest BCUT2D eigenvalue weighted by Crippen LogP contribution is -2.16. The van der Waals surface area contributed by atoms with Gasteiger partial charge in [0.2, 0.25) is 0 Å². The molecule has 0 aliphatic rings. The highest BCUT2D eigenvalue weighted by atomic mass is 16.5. The van der Waals surface area contributed by atoms with Gasteiger partial charge in [0, 0.05) is 5.56 Å². The topological polar surface area (TPSA) is 61.8 Å². The Balaban J connectivity index is 2.45. The Morgan fingerprint density at radius 3 is 2.31 bits per heavy atom. The Bertz CT molecular complexity index is 793. The van der Waals surface area contributed by atoms with Crippen molar-refractivity contribution in [2.24, 2.45) is 0 Å². The van der Waals surface area contributed by atoms with Crippen molar-refractivity contribution in [3.63, 3.8) is 0 Å². The largest absolute Gasteiger partial charge is 0.493 e. The van der Waals surface area contributed by atoms with Gasteiger partial charge in [-0.1, -0.05) is 36.4 Å². The van der Waals surface area contributed by atoms with Crippen LogP contribution in [0.25, 0.3) is 6.08 Å². The van der Waals surface area contributed by atoms with Crippen molar-refractivity contribution >= 4 is 17.8 Å². The van der Waals surface area contributed by atoms with Gasteiger partial charge in [-0.15, -0.1) is 0 Å². The first kappa shape index (κ1) is 19.2. The standard InChI is InChI=1S/C21H22O5/c1-4-25-18-12-11-15(14-19(18)24-3)13-17(21(23)26-5-2)20(22)16-9-7-6-8-10-16/h6-14H,4-5H2,1-3H3. The summed E-state index contributed by atoms with van der Waals surface area (Å²) in [5, 5.41) is 0. The van der Waals surface area contributed by atoms with Crippen LogP contribution >= 0.6 is 0 Å². The summed E-state index contributed by atoms with van der Waals surface area (Å²) in [4.78, 5) is 25.1. The number of hydrogen-bond donors (Lipinski definition) is 0. The summed E-state index contributed by atoms with van der Waals surface area (Å²) in [7, 11) is 1.53. The number of Topliss-reactive ketones (excluding diaryl/α,β-unsaturated/α-hetero) is 1. The lowest BCUT2D eigenvalue weighted by atomic mass is 10.0. The maximum Gasteiger partial charge on any atom is 0.342 e. The third-order valence-electron chi connectivity index (χ3n) is 3.57. The number of carbonyl (C=O) groups is 2. The zero-order chi connectivity index (χ0) is 18.9. The van der Waals surface area contributed by atoms with E-state index in [0.29, 0.717) is 29.2 Å². The first-order valence-electron chi connectivity index (χ1n) is 8.40. The average Bonchev–Trinajstić information content (AvgIpc) is 2.67.